The molecule has 0 saturated carbocycles. The highest BCUT2D eigenvalue weighted by Crippen LogP contribution is 2.28. The Hall–Kier alpha value is -1.78. The number of methoxy groups -OCH3 is 1. The normalized spacial score (nSPS) is 19.6. The molecular formula is C10H10FNO3. The number of benzene rings is 1. The van der Waals surface area contributed by atoms with Gasteiger partial charge in [-0.15, -0.1) is 0 Å². The van der Waals surface area contributed by atoms with Gasteiger partial charge in [-0.25, -0.2) is 9.18 Å². The zero-order chi connectivity index (χ0) is 10.8. The fraction of sp³-hybridized carbons (Fsp3) is 0.300. The summed E-state index contributed by atoms with van der Waals surface area (Å²) in [6, 6.07) is 3.91. The van der Waals surface area contributed by atoms with Gasteiger partial charge in [-0.2, -0.15) is 0 Å². The van der Waals surface area contributed by atoms with Crippen molar-refractivity contribution < 1.29 is 18.7 Å². The number of halogens is 1. The first-order valence-electron chi connectivity index (χ1n) is 4.47. The summed E-state index contributed by atoms with van der Waals surface area (Å²) < 4.78 is 22.7. The van der Waals surface area contributed by atoms with Crippen LogP contribution in [0.2, 0.25) is 0 Å². The molecule has 4 nitrogen and oxygen atoms in total. The van der Waals surface area contributed by atoms with Gasteiger partial charge in [0.25, 0.3) is 0 Å². The average molecular weight is 211 g/mol. The summed E-state index contributed by atoms with van der Waals surface area (Å²) in [6.45, 7) is 0.237. The van der Waals surface area contributed by atoms with Gasteiger partial charge in [0.05, 0.1) is 13.2 Å². The monoisotopic (exact) mass is 211 g/mol. The summed E-state index contributed by atoms with van der Waals surface area (Å²) in [7, 11) is 1.45. The summed E-state index contributed by atoms with van der Waals surface area (Å²) >= 11 is 0. The molecule has 1 aliphatic rings. The van der Waals surface area contributed by atoms with Gasteiger partial charge in [0.1, 0.15) is 18.2 Å². The van der Waals surface area contributed by atoms with E-state index in [2.05, 4.69) is 5.32 Å². The summed E-state index contributed by atoms with van der Waals surface area (Å²) in [4.78, 5) is 10.8. The van der Waals surface area contributed by atoms with E-state index in [9.17, 15) is 9.18 Å². The van der Waals surface area contributed by atoms with Crippen LogP contribution in [0.5, 0.6) is 5.75 Å². The number of hydrogen-bond donors (Lipinski definition) is 1. The lowest BCUT2D eigenvalue weighted by molar-refractivity contribution is 0.177. The molecular weight excluding hydrogens is 201 g/mol. The molecule has 15 heavy (non-hydrogen) atoms. The minimum atomic E-state index is -0.466. The Labute approximate surface area is 86.0 Å². The molecule has 1 aromatic carbocycles. The van der Waals surface area contributed by atoms with E-state index in [0.29, 0.717) is 11.3 Å². The van der Waals surface area contributed by atoms with Crippen LogP contribution in [0.3, 0.4) is 0 Å². The molecule has 0 spiro atoms. The van der Waals surface area contributed by atoms with Crippen LogP contribution in [0.15, 0.2) is 18.2 Å². The SMILES string of the molecule is COc1cc(F)ccc1[C@H]1COC(=O)N1. The highest BCUT2D eigenvalue weighted by atomic mass is 19.1. The van der Waals surface area contributed by atoms with Crippen molar-refractivity contribution in [3.8, 4) is 5.75 Å². The van der Waals surface area contributed by atoms with Gasteiger partial charge < -0.3 is 14.8 Å². The van der Waals surface area contributed by atoms with Crippen LogP contribution in [0.1, 0.15) is 11.6 Å². The maximum atomic E-state index is 12.9. The summed E-state index contributed by atoms with van der Waals surface area (Å²) in [5, 5.41) is 2.60. The molecule has 1 aromatic rings. The van der Waals surface area contributed by atoms with Gasteiger partial charge in [0.15, 0.2) is 0 Å². The quantitative estimate of drug-likeness (QED) is 0.808. The summed E-state index contributed by atoms with van der Waals surface area (Å²) in [5.41, 5.74) is 0.713. The van der Waals surface area contributed by atoms with E-state index in [1.807, 2.05) is 0 Å². The van der Waals surface area contributed by atoms with Gasteiger partial charge in [0.2, 0.25) is 0 Å². The maximum absolute atomic E-state index is 12.9. The third-order valence-electron chi connectivity index (χ3n) is 2.24. The van der Waals surface area contributed by atoms with Crippen LogP contribution in [0.4, 0.5) is 9.18 Å². The van der Waals surface area contributed by atoms with Gasteiger partial charge in [-0.05, 0) is 6.07 Å². The number of alkyl carbamates (subject to hydrolysis) is 1. The lowest BCUT2D eigenvalue weighted by Crippen LogP contribution is -2.18. The number of carbonyl (C=O) groups excluding carboxylic acids is 1. The van der Waals surface area contributed by atoms with Gasteiger partial charge in [0, 0.05) is 11.6 Å². The molecule has 2 rings (SSSR count). The van der Waals surface area contributed by atoms with E-state index < -0.39 is 6.09 Å². The molecule has 1 atom stereocenters. The molecule has 0 aromatic heterocycles. The number of nitrogens with one attached hydrogen (secondary N) is 1. The second-order valence-electron chi connectivity index (χ2n) is 3.18. The molecule has 1 N–H and O–H groups in total. The van der Waals surface area contributed by atoms with Crippen LogP contribution >= 0.6 is 0 Å². The van der Waals surface area contributed by atoms with E-state index in [4.69, 9.17) is 9.47 Å². The van der Waals surface area contributed by atoms with Crippen molar-refractivity contribution in [1.82, 2.24) is 5.32 Å². The predicted octanol–water partition coefficient (Wildman–Crippen LogP) is 1.62. The smallest absolute Gasteiger partial charge is 0.407 e. The van der Waals surface area contributed by atoms with E-state index in [0.717, 1.165) is 0 Å². The molecule has 1 heterocycles. The molecule has 0 bridgehead atoms. The molecule has 0 aliphatic carbocycles. The van der Waals surface area contributed by atoms with Gasteiger partial charge >= 0.3 is 6.09 Å². The largest absolute Gasteiger partial charge is 0.496 e. The molecule has 0 radical (unpaired) electrons. The zero-order valence-corrected chi connectivity index (χ0v) is 8.12. The van der Waals surface area contributed by atoms with Crippen molar-refractivity contribution in [2.45, 2.75) is 6.04 Å². The lowest BCUT2D eigenvalue weighted by atomic mass is 10.1. The zero-order valence-electron chi connectivity index (χ0n) is 8.12. The molecule has 1 saturated heterocycles. The third-order valence-corrected chi connectivity index (χ3v) is 2.24. The minimum Gasteiger partial charge on any atom is -0.496 e. The summed E-state index contributed by atoms with van der Waals surface area (Å²) in [6.07, 6.45) is -0.466. The predicted molar refractivity (Wildman–Crippen MR) is 50.2 cm³/mol. The number of amides is 1. The Kier molecular flexibility index (Phi) is 2.45. The van der Waals surface area contributed by atoms with Crippen LogP contribution in [0.25, 0.3) is 0 Å². The second kappa shape index (κ2) is 3.76. The van der Waals surface area contributed by atoms with E-state index in [1.54, 1.807) is 6.07 Å². The van der Waals surface area contributed by atoms with Crippen LogP contribution < -0.4 is 10.1 Å². The van der Waals surface area contributed by atoms with E-state index in [-0.39, 0.29) is 18.5 Å². The Bertz CT molecular complexity index is 394. The number of carbonyl (C=O) groups is 1. The second-order valence-corrected chi connectivity index (χ2v) is 3.18. The first-order valence-corrected chi connectivity index (χ1v) is 4.47. The van der Waals surface area contributed by atoms with Crippen molar-refractivity contribution in [2.75, 3.05) is 13.7 Å². The molecule has 1 fully saturated rings. The molecule has 1 amide bonds. The number of rotatable bonds is 2. The number of cyclic esters (lactones) is 1. The molecule has 80 valence electrons. The number of hydrogen-bond acceptors (Lipinski definition) is 3. The van der Waals surface area contributed by atoms with Crippen molar-refractivity contribution in [3.05, 3.63) is 29.6 Å². The van der Waals surface area contributed by atoms with Crippen LogP contribution in [0, 0.1) is 5.82 Å². The minimum absolute atomic E-state index is 0.237. The standard InChI is InChI=1S/C10H10FNO3/c1-14-9-4-6(11)2-3-7(9)8-5-15-10(13)12-8/h2-4,8H,5H2,1H3,(H,12,13)/t8-/m1/s1. The topological polar surface area (TPSA) is 47.6 Å². The van der Waals surface area contributed by atoms with Crippen LogP contribution in [-0.2, 0) is 4.74 Å². The highest BCUT2D eigenvalue weighted by Gasteiger charge is 2.26. The lowest BCUT2D eigenvalue weighted by Gasteiger charge is -2.12. The van der Waals surface area contributed by atoms with Gasteiger partial charge in [-0.1, -0.05) is 6.07 Å². The average Bonchev–Trinajstić information content (AvgIpc) is 2.64. The van der Waals surface area contributed by atoms with Crippen molar-refractivity contribution in [1.29, 1.82) is 0 Å². The fourth-order valence-corrected chi connectivity index (χ4v) is 1.52. The first kappa shape index (κ1) is 9.76. The highest BCUT2D eigenvalue weighted by molar-refractivity contribution is 5.70. The Morgan fingerprint density at radius 3 is 3.00 bits per heavy atom. The van der Waals surface area contributed by atoms with Crippen LogP contribution in [-0.4, -0.2) is 19.8 Å². The number of ether oxygens (including phenoxy) is 2. The van der Waals surface area contributed by atoms with Crippen molar-refractivity contribution in [3.63, 3.8) is 0 Å². The molecule has 5 heteroatoms. The van der Waals surface area contributed by atoms with Gasteiger partial charge in [-0.3, -0.25) is 0 Å². The first-order chi connectivity index (χ1) is 7.20. The Morgan fingerprint density at radius 1 is 1.60 bits per heavy atom. The maximum Gasteiger partial charge on any atom is 0.407 e. The molecule has 1 aliphatic heterocycles. The third kappa shape index (κ3) is 1.86. The molecule has 0 unspecified atom stereocenters. The fourth-order valence-electron chi connectivity index (χ4n) is 1.52. The van der Waals surface area contributed by atoms with Crippen molar-refractivity contribution >= 4 is 6.09 Å². The van der Waals surface area contributed by atoms with E-state index >= 15 is 0 Å². The summed E-state index contributed by atoms with van der Waals surface area (Å²) in [5.74, 6) is 0.0339. The Balaban J connectivity index is 2.31. The van der Waals surface area contributed by atoms with E-state index in [1.165, 1.54) is 19.2 Å². The Morgan fingerprint density at radius 2 is 2.40 bits per heavy atom. The van der Waals surface area contributed by atoms with Crippen molar-refractivity contribution in [2.24, 2.45) is 0 Å².